The van der Waals surface area contributed by atoms with Crippen molar-refractivity contribution in [3.8, 4) is 0 Å². The van der Waals surface area contributed by atoms with Crippen LogP contribution in [0.2, 0.25) is 0 Å². The predicted molar refractivity (Wildman–Crippen MR) is 140 cm³/mol. The van der Waals surface area contributed by atoms with E-state index in [1.807, 2.05) is 0 Å². The van der Waals surface area contributed by atoms with Crippen LogP contribution in [0.4, 0.5) is 5.69 Å². The Balaban J connectivity index is 3.16. The zero-order valence-corrected chi connectivity index (χ0v) is 21.4. The molecule has 0 aliphatic rings. The molecule has 172 valence electrons. The normalized spacial score (nSPS) is 12.6. The largest absolute Gasteiger partial charge is 0.375 e. The molecule has 0 saturated heterocycles. The van der Waals surface area contributed by atoms with Gasteiger partial charge in [-0.05, 0) is 61.3 Å². The zero-order valence-electron chi connectivity index (χ0n) is 21.4. The highest BCUT2D eigenvalue weighted by Crippen LogP contribution is 2.32. The molecule has 1 N–H and O–H groups in total. The number of nitrogens with one attached hydrogen (secondary N) is 1. The third kappa shape index (κ3) is 7.41. The first-order valence-corrected chi connectivity index (χ1v) is 11.9. The van der Waals surface area contributed by atoms with Gasteiger partial charge in [-0.3, -0.25) is 0 Å². The molecule has 1 aromatic rings. The summed E-state index contributed by atoms with van der Waals surface area (Å²) < 4.78 is 0. The van der Waals surface area contributed by atoms with E-state index in [2.05, 4.69) is 103 Å². The van der Waals surface area contributed by atoms with Crippen LogP contribution in [0.15, 0.2) is 59.5 Å². The molecule has 0 atom stereocenters. The Labute approximate surface area is 192 Å². The van der Waals surface area contributed by atoms with Gasteiger partial charge in [0.2, 0.25) is 0 Å². The van der Waals surface area contributed by atoms with Gasteiger partial charge in [0, 0.05) is 30.5 Å². The maximum Gasteiger partial charge on any atom is 0.123 e. The summed E-state index contributed by atoms with van der Waals surface area (Å²) in [6.45, 7) is 25.0. The number of rotatable bonds is 13. The number of benzene rings is 1. The zero-order chi connectivity index (χ0) is 23.6. The van der Waals surface area contributed by atoms with Gasteiger partial charge in [0.1, 0.15) is 5.82 Å². The van der Waals surface area contributed by atoms with Gasteiger partial charge in [0.05, 0.1) is 5.71 Å². The monoisotopic (exact) mass is 423 g/mol. The van der Waals surface area contributed by atoms with Gasteiger partial charge in [-0.2, -0.15) is 0 Å². The summed E-state index contributed by atoms with van der Waals surface area (Å²) in [5.74, 6) is 0.665. The first-order valence-electron chi connectivity index (χ1n) is 11.9. The lowest BCUT2D eigenvalue weighted by Gasteiger charge is -2.27. The molecule has 0 heterocycles. The maximum atomic E-state index is 4.89. The smallest absolute Gasteiger partial charge is 0.123 e. The number of aliphatic imine (C=N–C) groups is 1. The van der Waals surface area contributed by atoms with Crippen molar-refractivity contribution in [2.24, 2.45) is 4.99 Å². The SMILES string of the molecule is C=C(/N=C(CCC)\C(=C/C)C(=C)N(C)CCC)Nc1ccc(C(C)(C)CC)c(CC)c1. The minimum absolute atomic E-state index is 0.180. The van der Waals surface area contributed by atoms with Crippen molar-refractivity contribution in [3.05, 3.63) is 65.7 Å². The number of allylic oxidation sites excluding steroid dienone is 2. The molecule has 0 aromatic heterocycles. The van der Waals surface area contributed by atoms with Gasteiger partial charge >= 0.3 is 0 Å². The summed E-state index contributed by atoms with van der Waals surface area (Å²) in [4.78, 5) is 7.10. The molecule has 3 heteroatoms. The highest BCUT2D eigenvalue weighted by atomic mass is 15.1. The standard InChI is InChI=1S/C28H45N3/c1-11-16-27(25(14-4)21(6)31(10)19-12-2)30-22(7)29-24-17-18-26(23(13-3)20-24)28(8,9)15-5/h14,17-18,20,29H,6-7,11-13,15-16,19H2,1-5,8-10H3/b25-14-,30-27-. The molecule has 1 rings (SSSR count). The van der Waals surface area contributed by atoms with E-state index in [4.69, 9.17) is 4.99 Å². The fourth-order valence-electron chi connectivity index (χ4n) is 3.84. The van der Waals surface area contributed by atoms with Crippen molar-refractivity contribution < 1.29 is 0 Å². The number of aryl methyl sites for hydroxylation is 1. The van der Waals surface area contributed by atoms with Crippen LogP contribution in [0.5, 0.6) is 0 Å². The molecule has 0 saturated carbocycles. The molecular formula is C28H45N3. The summed E-state index contributed by atoms with van der Waals surface area (Å²) in [6, 6.07) is 6.65. The molecule has 0 spiro atoms. The minimum Gasteiger partial charge on any atom is -0.375 e. The highest BCUT2D eigenvalue weighted by Gasteiger charge is 2.21. The molecule has 3 nitrogen and oxygen atoms in total. The lowest BCUT2D eigenvalue weighted by Crippen LogP contribution is -2.22. The number of likely N-dealkylation sites (N-methyl/N-ethyl adjacent to an activating group) is 1. The van der Waals surface area contributed by atoms with Gasteiger partial charge < -0.3 is 10.2 Å². The second kappa shape index (κ2) is 12.5. The Hall–Kier alpha value is -2.29. The van der Waals surface area contributed by atoms with Crippen molar-refractivity contribution in [1.82, 2.24) is 4.90 Å². The molecule has 31 heavy (non-hydrogen) atoms. The number of hydrogen-bond acceptors (Lipinski definition) is 3. The van der Waals surface area contributed by atoms with E-state index in [1.165, 1.54) is 11.1 Å². The average molecular weight is 424 g/mol. The van der Waals surface area contributed by atoms with Gasteiger partial charge in [-0.1, -0.05) is 73.3 Å². The molecule has 0 aliphatic heterocycles. The van der Waals surface area contributed by atoms with E-state index >= 15 is 0 Å². The van der Waals surface area contributed by atoms with Crippen molar-refractivity contribution in [3.63, 3.8) is 0 Å². The fraction of sp³-hybridized carbons (Fsp3) is 0.536. The molecule has 0 bridgehead atoms. The lowest BCUT2D eigenvalue weighted by molar-refractivity contribution is 0.428. The van der Waals surface area contributed by atoms with Crippen LogP contribution in [-0.4, -0.2) is 24.2 Å². The second-order valence-corrected chi connectivity index (χ2v) is 8.91. The Bertz CT molecular complexity index is 812. The molecule has 0 aliphatic carbocycles. The van der Waals surface area contributed by atoms with E-state index in [0.717, 1.165) is 61.3 Å². The molecule has 1 aromatic carbocycles. The summed E-state index contributed by atoms with van der Waals surface area (Å²) in [7, 11) is 2.09. The molecule has 0 radical (unpaired) electrons. The highest BCUT2D eigenvalue weighted by molar-refractivity contribution is 6.04. The van der Waals surface area contributed by atoms with Crippen molar-refractivity contribution in [2.45, 2.75) is 86.0 Å². The number of anilines is 1. The third-order valence-electron chi connectivity index (χ3n) is 6.07. The van der Waals surface area contributed by atoms with Crippen molar-refractivity contribution in [2.75, 3.05) is 18.9 Å². The Morgan fingerprint density at radius 2 is 1.81 bits per heavy atom. The van der Waals surface area contributed by atoms with E-state index in [1.54, 1.807) is 0 Å². The summed E-state index contributed by atoms with van der Waals surface area (Å²) in [6.07, 6.45) is 7.25. The molecular weight excluding hydrogens is 378 g/mol. The third-order valence-corrected chi connectivity index (χ3v) is 6.07. The van der Waals surface area contributed by atoms with E-state index < -0.39 is 0 Å². The first-order chi connectivity index (χ1) is 14.6. The Morgan fingerprint density at radius 3 is 2.32 bits per heavy atom. The summed E-state index contributed by atoms with van der Waals surface area (Å²) >= 11 is 0. The number of hydrogen-bond donors (Lipinski definition) is 1. The number of nitrogens with zero attached hydrogens (tertiary/aromatic N) is 2. The van der Waals surface area contributed by atoms with Gasteiger partial charge in [-0.25, -0.2) is 4.99 Å². The summed E-state index contributed by atoms with van der Waals surface area (Å²) in [5.41, 5.74) is 7.19. The van der Waals surface area contributed by atoms with Gasteiger partial charge in [-0.15, -0.1) is 0 Å². The topological polar surface area (TPSA) is 27.6 Å². The first kappa shape index (κ1) is 26.7. The van der Waals surface area contributed by atoms with Crippen LogP contribution in [0.1, 0.15) is 85.3 Å². The van der Waals surface area contributed by atoms with Crippen LogP contribution in [0.25, 0.3) is 0 Å². The quantitative estimate of drug-likeness (QED) is 0.258. The van der Waals surface area contributed by atoms with Crippen LogP contribution >= 0.6 is 0 Å². The van der Waals surface area contributed by atoms with Crippen LogP contribution < -0.4 is 5.32 Å². The Morgan fingerprint density at radius 1 is 1.13 bits per heavy atom. The minimum atomic E-state index is 0.180. The van der Waals surface area contributed by atoms with Crippen LogP contribution in [-0.2, 0) is 11.8 Å². The Kier molecular flexibility index (Phi) is 10.8. The van der Waals surface area contributed by atoms with E-state index in [-0.39, 0.29) is 5.41 Å². The van der Waals surface area contributed by atoms with Crippen LogP contribution in [0, 0.1) is 0 Å². The lowest BCUT2D eigenvalue weighted by atomic mass is 9.79. The van der Waals surface area contributed by atoms with Gasteiger partial charge in [0.25, 0.3) is 0 Å². The fourth-order valence-corrected chi connectivity index (χ4v) is 3.84. The van der Waals surface area contributed by atoms with Gasteiger partial charge in [0.15, 0.2) is 0 Å². The van der Waals surface area contributed by atoms with Crippen LogP contribution in [0.3, 0.4) is 0 Å². The molecule has 0 fully saturated rings. The maximum absolute atomic E-state index is 4.89. The van der Waals surface area contributed by atoms with Crippen molar-refractivity contribution >= 4 is 11.4 Å². The predicted octanol–water partition coefficient (Wildman–Crippen LogP) is 7.86. The summed E-state index contributed by atoms with van der Waals surface area (Å²) in [5, 5.41) is 3.42. The average Bonchev–Trinajstić information content (AvgIpc) is 2.74. The second-order valence-electron chi connectivity index (χ2n) is 8.91. The van der Waals surface area contributed by atoms with E-state index in [9.17, 15) is 0 Å². The molecule has 0 unspecified atom stereocenters. The van der Waals surface area contributed by atoms with Crippen molar-refractivity contribution in [1.29, 1.82) is 0 Å². The molecule has 0 amide bonds. The van der Waals surface area contributed by atoms with E-state index in [0.29, 0.717) is 5.82 Å².